The Balaban J connectivity index is 2.32. The Bertz CT molecular complexity index is 272. The second-order valence-electron chi connectivity index (χ2n) is 2.83. The van der Waals surface area contributed by atoms with Gasteiger partial charge in [0.25, 0.3) is 0 Å². The van der Waals surface area contributed by atoms with E-state index in [1.807, 2.05) is 4.57 Å². The fourth-order valence-corrected chi connectivity index (χ4v) is 1.48. The Morgan fingerprint density at radius 3 is 3.33 bits per heavy atom. The van der Waals surface area contributed by atoms with E-state index in [1.165, 1.54) is 0 Å². The van der Waals surface area contributed by atoms with Crippen LogP contribution in [0.1, 0.15) is 11.4 Å². The summed E-state index contributed by atoms with van der Waals surface area (Å²) in [5.41, 5.74) is 1.57. The molecule has 1 aromatic rings. The molecule has 0 atom stereocenters. The first-order chi connectivity index (χ1) is 5.92. The number of rotatable bonds is 1. The van der Waals surface area contributed by atoms with Crippen molar-refractivity contribution in [2.75, 3.05) is 13.2 Å². The molecule has 0 fully saturated rings. The van der Waals surface area contributed by atoms with E-state index in [2.05, 4.69) is 4.98 Å². The lowest BCUT2D eigenvalue weighted by atomic mass is 10.2. The molecule has 1 aromatic heterocycles. The van der Waals surface area contributed by atoms with Crippen LogP contribution < -0.4 is 0 Å². The lowest BCUT2D eigenvalue weighted by Gasteiger charge is -2.00. The molecule has 0 saturated carbocycles. The number of aromatic nitrogens is 2. The summed E-state index contributed by atoms with van der Waals surface area (Å²) in [6.45, 7) is 1.71. The molecular weight excluding hydrogens is 159 g/mol. The third kappa shape index (κ3) is 1.22. The van der Waals surface area contributed by atoms with Crippen LogP contribution in [0.15, 0.2) is 6.33 Å². The van der Waals surface area contributed by atoms with Crippen molar-refractivity contribution in [2.24, 2.45) is 0 Å². The molecule has 0 spiro atoms. The maximum atomic E-state index is 12.4. The molecule has 1 aliphatic heterocycles. The molecule has 0 N–H and O–H groups in total. The number of alkyl halides is 1. The van der Waals surface area contributed by atoms with Gasteiger partial charge < -0.3 is 9.30 Å². The highest BCUT2D eigenvalue weighted by Crippen LogP contribution is 2.12. The van der Waals surface area contributed by atoms with Crippen LogP contribution in [0.3, 0.4) is 0 Å². The van der Waals surface area contributed by atoms with Gasteiger partial charge in [-0.2, -0.15) is 0 Å². The minimum atomic E-state index is -0.470. The van der Waals surface area contributed by atoms with Gasteiger partial charge in [0.05, 0.1) is 25.2 Å². The highest BCUT2D eigenvalue weighted by molar-refractivity contribution is 5.13. The van der Waals surface area contributed by atoms with Gasteiger partial charge in [0.1, 0.15) is 6.67 Å². The van der Waals surface area contributed by atoms with Crippen LogP contribution in [0, 0.1) is 0 Å². The Morgan fingerprint density at radius 1 is 1.58 bits per heavy atom. The average Bonchev–Trinajstić information content (AvgIpc) is 2.33. The third-order valence-corrected chi connectivity index (χ3v) is 2.12. The second kappa shape index (κ2) is 3.23. The van der Waals surface area contributed by atoms with Gasteiger partial charge >= 0.3 is 0 Å². The molecule has 0 unspecified atom stereocenters. The molecule has 0 aromatic carbocycles. The van der Waals surface area contributed by atoms with E-state index in [1.54, 1.807) is 6.33 Å². The molecule has 3 nitrogen and oxygen atoms in total. The summed E-state index contributed by atoms with van der Waals surface area (Å²) in [6, 6.07) is 0. The Kier molecular flexibility index (Phi) is 2.08. The first-order valence-electron chi connectivity index (χ1n) is 4.08. The van der Waals surface area contributed by atoms with Crippen molar-refractivity contribution in [1.82, 2.24) is 9.55 Å². The van der Waals surface area contributed by atoms with Crippen molar-refractivity contribution in [3.8, 4) is 0 Å². The summed E-state index contributed by atoms with van der Waals surface area (Å²) in [5.74, 6) is 0. The zero-order valence-corrected chi connectivity index (χ0v) is 6.79. The monoisotopic (exact) mass is 170 g/mol. The number of ether oxygens (including phenoxy) is 1. The second-order valence-corrected chi connectivity index (χ2v) is 2.83. The first kappa shape index (κ1) is 7.73. The minimum absolute atomic E-state index is 0.470. The van der Waals surface area contributed by atoms with Crippen molar-refractivity contribution >= 4 is 0 Å². The van der Waals surface area contributed by atoms with Crippen LogP contribution in [-0.2, 0) is 24.4 Å². The van der Waals surface area contributed by atoms with Crippen LogP contribution in [0.5, 0.6) is 0 Å². The zero-order chi connectivity index (χ0) is 8.39. The van der Waals surface area contributed by atoms with Gasteiger partial charge in [0.15, 0.2) is 0 Å². The van der Waals surface area contributed by atoms with Gasteiger partial charge in [0.2, 0.25) is 0 Å². The van der Waals surface area contributed by atoms with Crippen molar-refractivity contribution in [2.45, 2.75) is 19.6 Å². The van der Waals surface area contributed by atoms with Crippen molar-refractivity contribution < 1.29 is 9.13 Å². The molecule has 4 heteroatoms. The molecule has 0 radical (unpaired) electrons. The van der Waals surface area contributed by atoms with Crippen LogP contribution in [-0.4, -0.2) is 22.8 Å². The topological polar surface area (TPSA) is 27.1 Å². The lowest BCUT2D eigenvalue weighted by molar-refractivity contribution is 0.140. The summed E-state index contributed by atoms with van der Waals surface area (Å²) >= 11 is 0. The predicted octanol–water partition coefficient (Wildman–Crippen LogP) is 0.925. The lowest BCUT2D eigenvalue weighted by Crippen LogP contribution is -2.02. The van der Waals surface area contributed by atoms with Gasteiger partial charge in [-0.05, 0) is 0 Å². The molecule has 2 rings (SSSR count). The highest BCUT2D eigenvalue weighted by atomic mass is 19.1. The van der Waals surface area contributed by atoms with Crippen LogP contribution in [0.25, 0.3) is 0 Å². The summed E-state index contributed by atoms with van der Waals surface area (Å²) in [5, 5.41) is 0. The van der Waals surface area contributed by atoms with Crippen molar-refractivity contribution in [1.29, 1.82) is 0 Å². The summed E-state index contributed by atoms with van der Waals surface area (Å²) in [6.07, 6.45) is 2.47. The van der Waals surface area contributed by atoms with Crippen LogP contribution >= 0.6 is 0 Å². The normalized spacial score (nSPS) is 17.1. The highest BCUT2D eigenvalue weighted by Gasteiger charge is 2.12. The smallest absolute Gasteiger partial charge is 0.133 e. The maximum Gasteiger partial charge on any atom is 0.133 e. The van der Waals surface area contributed by atoms with E-state index < -0.39 is 6.67 Å². The van der Waals surface area contributed by atoms with Crippen LogP contribution in [0.4, 0.5) is 4.39 Å². The van der Waals surface area contributed by atoms with E-state index in [9.17, 15) is 4.39 Å². The SMILES string of the molecule is FCc1ncn2c1CCOCC2. The summed E-state index contributed by atoms with van der Waals surface area (Å²) < 4.78 is 19.6. The van der Waals surface area contributed by atoms with Gasteiger partial charge in [-0.25, -0.2) is 9.37 Å². The minimum Gasteiger partial charge on any atom is -0.379 e. The van der Waals surface area contributed by atoms with Crippen molar-refractivity contribution in [3.05, 3.63) is 17.7 Å². The molecule has 0 aliphatic carbocycles. The Hall–Kier alpha value is -0.900. The maximum absolute atomic E-state index is 12.4. The fourth-order valence-electron chi connectivity index (χ4n) is 1.48. The molecule has 12 heavy (non-hydrogen) atoms. The van der Waals surface area contributed by atoms with Gasteiger partial charge in [0, 0.05) is 18.7 Å². The fraction of sp³-hybridized carbons (Fsp3) is 0.625. The van der Waals surface area contributed by atoms with E-state index in [0.717, 1.165) is 18.7 Å². The largest absolute Gasteiger partial charge is 0.379 e. The zero-order valence-electron chi connectivity index (χ0n) is 6.79. The standard InChI is InChI=1S/C8H11FN2O/c9-5-7-8-1-3-12-4-2-11(8)6-10-7/h6H,1-5H2. The quantitative estimate of drug-likeness (QED) is 0.626. The Morgan fingerprint density at radius 2 is 2.50 bits per heavy atom. The van der Waals surface area contributed by atoms with E-state index in [4.69, 9.17) is 4.74 Å². The third-order valence-electron chi connectivity index (χ3n) is 2.12. The summed E-state index contributed by atoms with van der Waals surface area (Å²) in [7, 11) is 0. The van der Waals surface area contributed by atoms with Gasteiger partial charge in [-0.1, -0.05) is 0 Å². The van der Waals surface area contributed by atoms with Crippen molar-refractivity contribution in [3.63, 3.8) is 0 Å². The molecule has 0 bridgehead atoms. The van der Waals surface area contributed by atoms with E-state index in [0.29, 0.717) is 18.9 Å². The van der Waals surface area contributed by atoms with Gasteiger partial charge in [-0.3, -0.25) is 0 Å². The number of nitrogens with zero attached hydrogens (tertiary/aromatic N) is 2. The first-order valence-corrected chi connectivity index (χ1v) is 4.08. The predicted molar refractivity (Wildman–Crippen MR) is 41.6 cm³/mol. The van der Waals surface area contributed by atoms with E-state index in [-0.39, 0.29) is 0 Å². The number of imidazole rings is 1. The molecule has 0 amide bonds. The number of fused-ring (bicyclic) bond motifs is 1. The van der Waals surface area contributed by atoms with E-state index >= 15 is 0 Å². The molecule has 0 saturated heterocycles. The molecule has 66 valence electrons. The summed E-state index contributed by atoms with van der Waals surface area (Å²) in [4.78, 5) is 3.99. The molecular formula is C8H11FN2O. The Labute approximate surface area is 70.2 Å². The van der Waals surface area contributed by atoms with Crippen LogP contribution in [0.2, 0.25) is 0 Å². The molecule has 2 heterocycles. The number of hydrogen-bond donors (Lipinski definition) is 0. The number of hydrogen-bond acceptors (Lipinski definition) is 2. The molecule has 1 aliphatic rings. The number of halogens is 1. The van der Waals surface area contributed by atoms with Gasteiger partial charge in [-0.15, -0.1) is 0 Å². The average molecular weight is 170 g/mol.